The van der Waals surface area contributed by atoms with Crippen molar-refractivity contribution < 1.29 is 19.7 Å². The molecule has 4 rings (SSSR count). The molecule has 1 aliphatic heterocycles. The number of carboxylic acids is 1. The zero-order valence-electron chi connectivity index (χ0n) is 20.4. The van der Waals surface area contributed by atoms with E-state index >= 15 is 0 Å². The van der Waals surface area contributed by atoms with Gasteiger partial charge in [0, 0.05) is 29.1 Å². The normalized spacial score (nSPS) is 16.6. The third-order valence-corrected chi connectivity index (χ3v) is 8.40. The third kappa shape index (κ3) is 6.29. The summed E-state index contributed by atoms with van der Waals surface area (Å²) in [5.74, 6) is 0.843. The number of pyridine rings is 2. The molecule has 0 aliphatic carbocycles. The maximum Gasteiger partial charge on any atom is 0.309 e. The number of carbonyl (C=O) groups is 1. The summed E-state index contributed by atoms with van der Waals surface area (Å²) in [6, 6.07) is 11.4. The van der Waals surface area contributed by atoms with E-state index in [9.17, 15) is 15.0 Å². The fourth-order valence-corrected chi connectivity index (χ4v) is 5.93. The molecule has 1 fully saturated rings. The molecule has 192 valence electrons. The molecule has 9 heteroatoms. The van der Waals surface area contributed by atoms with Gasteiger partial charge in [-0.15, -0.1) is 11.8 Å². The average Bonchev–Trinajstić information content (AvgIpc) is 2.90. The molecule has 1 aromatic carbocycles. The van der Waals surface area contributed by atoms with Crippen molar-refractivity contribution in [2.24, 2.45) is 5.41 Å². The molecular weight excluding hydrogens is 498 g/mol. The first-order chi connectivity index (χ1) is 17.4. The number of halogens is 1. The Hall–Kier alpha value is -2.39. The minimum Gasteiger partial charge on any atom is -0.497 e. The van der Waals surface area contributed by atoms with Crippen LogP contribution in [0.25, 0.3) is 10.9 Å². The van der Waals surface area contributed by atoms with Crippen LogP contribution in [-0.2, 0) is 4.79 Å². The van der Waals surface area contributed by atoms with Crippen LogP contribution in [0.4, 0.5) is 0 Å². The summed E-state index contributed by atoms with van der Waals surface area (Å²) in [5, 5.41) is 23.4. The second-order valence-electron chi connectivity index (χ2n) is 9.25. The summed E-state index contributed by atoms with van der Waals surface area (Å²) in [5.41, 5.74) is 0.438. The van der Waals surface area contributed by atoms with Crippen LogP contribution in [0.5, 0.6) is 5.75 Å². The molecule has 0 spiro atoms. The van der Waals surface area contributed by atoms with Crippen molar-refractivity contribution in [3.8, 4) is 5.75 Å². The van der Waals surface area contributed by atoms with E-state index in [1.165, 1.54) is 6.20 Å². The van der Waals surface area contributed by atoms with Crippen LogP contribution >= 0.6 is 23.4 Å². The van der Waals surface area contributed by atoms with E-state index in [1.807, 2.05) is 36.4 Å². The van der Waals surface area contributed by atoms with Crippen molar-refractivity contribution in [1.29, 1.82) is 0 Å². The van der Waals surface area contributed by atoms with Crippen LogP contribution in [0.1, 0.15) is 43.8 Å². The zero-order chi connectivity index (χ0) is 25.5. The van der Waals surface area contributed by atoms with Gasteiger partial charge in [0.25, 0.3) is 0 Å². The summed E-state index contributed by atoms with van der Waals surface area (Å²) in [4.78, 5) is 23.4. The van der Waals surface area contributed by atoms with Crippen molar-refractivity contribution in [2.45, 2.75) is 43.2 Å². The number of aliphatic carboxylic acids is 1. The molecular formula is C27H32ClN3O4S. The van der Waals surface area contributed by atoms with Gasteiger partial charge in [-0.1, -0.05) is 17.7 Å². The number of carboxylic acid groups (broad SMARTS) is 1. The number of rotatable bonds is 11. The predicted molar refractivity (Wildman–Crippen MR) is 143 cm³/mol. The van der Waals surface area contributed by atoms with Crippen LogP contribution in [-0.4, -0.2) is 63.5 Å². The Morgan fingerprint density at radius 3 is 2.75 bits per heavy atom. The number of benzene rings is 1. The molecule has 1 unspecified atom stereocenters. The van der Waals surface area contributed by atoms with Crippen molar-refractivity contribution in [1.82, 2.24) is 14.9 Å². The number of nitrogens with zero attached hydrogens (tertiary/aromatic N) is 3. The number of aliphatic hydroxyl groups excluding tert-OH is 1. The van der Waals surface area contributed by atoms with E-state index < -0.39 is 17.5 Å². The molecule has 0 saturated carbocycles. The van der Waals surface area contributed by atoms with Gasteiger partial charge in [0.05, 0.1) is 34.2 Å². The molecule has 3 aromatic rings. The standard InChI is InChI=1S/C27H32ClN3O4S/c1-35-19-6-7-22-20(17-19)25(21(28)18-30-22)23(32)8-9-27(26(33)34)10-14-31(15-11-27)13-4-16-36-24-5-2-3-12-29-24/h2-3,5-7,12,17-18,23,32H,4,8-11,13-16H2,1H3,(H,33,34). The molecule has 3 heterocycles. The van der Waals surface area contributed by atoms with Crippen molar-refractivity contribution >= 4 is 40.2 Å². The summed E-state index contributed by atoms with van der Waals surface area (Å²) in [6.45, 7) is 2.43. The number of hydrogen-bond donors (Lipinski definition) is 2. The molecule has 1 atom stereocenters. The maximum atomic E-state index is 12.3. The maximum absolute atomic E-state index is 12.3. The zero-order valence-corrected chi connectivity index (χ0v) is 22.0. The van der Waals surface area contributed by atoms with E-state index in [0.29, 0.717) is 47.5 Å². The number of hydrogen-bond acceptors (Lipinski definition) is 7. The van der Waals surface area contributed by atoms with E-state index in [-0.39, 0.29) is 0 Å². The van der Waals surface area contributed by atoms with Gasteiger partial charge < -0.3 is 19.8 Å². The number of fused-ring (bicyclic) bond motifs is 1. The van der Waals surface area contributed by atoms with Crippen LogP contribution < -0.4 is 4.74 Å². The molecule has 2 aromatic heterocycles. The fourth-order valence-electron chi connectivity index (χ4n) is 4.86. The Morgan fingerprint density at radius 1 is 1.25 bits per heavy atom. The number of aromatic nitrogens is 2. The molecule has 0 amide bonds. The van der Waals surface area contributed by atoms with Gasteiger partial charge >= 0.3 is 5.97 Å². The molecule has 2 N–H and O–H groups in total. The topological polar surface area (TPSA) is 95.8 Å². The minimum atomic E-state index is -0.895. The fraction of sp³-hybridized carbons (Fsp3) is 0.444. The van der Waals surface area contributed by atoms with Gasteiger partial charge in [-0.05, 0) is 82.1 Å². The lowest BCUT2D eigenvalue weighted by molar-refractivity contribution is -0.153. The van der Waals surface area contributed by atoms with E-state index in [2.05, 4.69) is 14.9 Å². The number of thioether (sulfide) groups is 1. The number of likely N-dealkylation sites (tertiary alicyclic amines) is 1. The summed E-state index contributed by atoms with van der Waals surface area (Å²) < 4.78 is 5.33. The molecule has 1 saturated heterocycles. The van der Waals surface area contributed by atoms with Crippen molar-refractivity contribution in [2.75, 3.05) is 32.5 Å². The first kappa shape index (κ1) is 26.7. The van der Waals surface area contributed by atoms with Crippen molar-refractivity contribution in [3.05, 3.63) is 59.4 Å². The van der Waals surface area contributed by atoms with Crippen LogP contribution in [0.3, 0.4) is 0 Å². The molecule has 1 aliphatic rings. The minimum absolute atomic E-state index is 0.309. The van der Waals surface area contributed by atoms with E-state index in [4.69, 9.17) is 16.3 Å². The second-order valence-corrected chi connectivity index (χ2v) is 10.8. The summed E-state index contributed by atoms with van der Waals surface area (Å²) in [7, 11) is 1.58. The average molecular weight is 530 g/mol. The van der Waals surface area contributed by atoms with Gasteiger partial charge in [0.2, 0.25) is 0 Å². The number of ether oxygens (including phenoxy) is 1. The Morgan fingerprint density at radius 2 is 2.06 bits per heavy atom. The third-order valence-electron chi connectivity index (χ3n) is 7.07. The van der Waals surface area contributed by atoms with Crippen molar-refractivity contribution in [3.63, 3.8) is 0 Å². The Kier molecular flexibility index (Phi) is 9.06. The lowest BCUT2D eigenvalue weighted by Gasteiger charge is -2.39. The van der Waals surface area contributed by atoms with E-state index in [0.717, 1.165) is 42.2 Å². The molecule has 7 nitrogen and oxygen atoms in total. The second kappa shape index (κ2) is 12.2. The molecule has 36 heavy (non-hydrogen) atoms. The Labute approximate surface area is 220 Å². The highest BCUT2D eigenvalue weighted by atomic mass is 35.5. The van der Waals surface area contributed by atoms with Crippen LogP contribution in [0, 0.1) is 5.41 Å². The largest absolute Gasteiger partial charge is 0.497 e. The highest BCUT2D eigenvalue weighted by Gasteiger charge is 2.41. The number of aliphatic hydroxyl groups is 1. The van der Waals surface area contributed by atoms with Gasteiger partial charge in [-0.25, -0.2) is 4.98 Å². The smallest absolute Gasteiger partial charge is 0.309 e. The first-order valence-corrected chi connectivity index (χ1v) is 13.6. The van der Waals surface area contributed by atoms with Gasteiger partial charge in [0.15, 0.2) is 0 Å². The SMILES string of the molecule is COc1ccc2ncc(Cl)c(C(O)CCC3(C(=O)O)CCN(CCCSc4ccccn4)CC3)c2c1. The number of piperidine rings is 1. The monoisotopic (exact) mass is 529 g/mol. The number of methoxy groups -OCH3 is 1. The lowest BCUT2D eigenvalue weighted by Crippen LogP contribution is -2.44. The Bertz CT molecular complexity index is 1170. The van der Waals surface area contributed by atoms with Crippen LogP contribution in [0.2, 0.25) is 5.02 Å². The van der Waals surface area contributed by atoms with Crippen LogP contribution in [0.15, 0.2) is 53.8 Å². The summed E-state index contributed by atoms with van der Waals surface area (Å²) >= 11 is 8.18. The lowest BCUT2D eigenvalue weighted by atomic mass is 9.74. The Balaban J connectivity index is 1.34. The quantitative estimate of drug-likeness (QED) is 0.250. The van der Waals surface area contributed by atoms with Gasteiger partial charge in [-0.2, -0.15) is 0 Å². The highest BCUT2D eigenvalue weighted by molar-refractivity contribution is 7.99. The highest BCUT2D eigenvalue weighted by Crippen LogP contribution is 2.41. The predicted octanol–water partition coefficient (Wildman–Crippen LogP) is 5.45. The molecule has 0 radical (unpaired) electrons. The first-order valence-electron chi connectivity index (χ1n) is 12.2. The van der Waals surface area contributed by atoms with Gasteiger partial charge in [-0.3, -0.25) is 9.78 Å². The van der Waals surface area contributed by atoms with E-state index in [1.54, 1.807) is 25.1 Å². The van der Waals surface area contributed by atoms with Gasteiger partial charge in [0.1, 0.15) is 5.75 Å². The molecule has 0 bridgehead atoms. The summed E-state index contributed by atoms with van der Waals surface area (Å²) in [6.07, 6.45) is 5.30.